The van der Waals surface area contributed by atoms with E-state index in [2.05, 4.69) is 0 Å². The van der Waals surface area contributed by atoms with Crippen molar-refractivity contribution in [3.63, 3.8) is 0 Å². The van der Waals surface area contributed by atoms with Crippen LogP contribution < -0.4 is 23.5 Å². The molecule has 0 bridgehead atoms. The standard InChI is InChI=1S/C22H29O7P/c1-7-27-30(28-8-2)29-19-13-16(11-12-18(19)23-3)9-10-17-14-20(24-4)22(26-6)21(15-17)25-5/h9-15H,7-8H2,1-6H3/b10-9-. The van der Waals surface area contributed by atoms with Gasteiger partial charge in [0.2, 0.25) is 5.75 Å². The monoisotopic (exact) mass is 436 g/mol. The summed E-state index contributed by atoms with van der Waals surface area (Å²) >= 11 is 0. The van der Waals surface area contributed by atoms with Gasteiger partial charge >= 0.3 is 8.60 Å². The number of benzene rings is 2. The zero-order valence-corrected chi connectivity index (χ0v) is 19.2. The molecule has 0 heterocycles. The molecular formula is C22H29O7P. The van der Waals surface area contributed by atoms with E-state index in [1.165, 1.54) is 0 Å². The Morgan fingerprint density at radius 1 is 0.667 bits per heavy atom. The molecular weight excluding hydrogens is 407 g/mol. The van der Waals surface area contributed by atoms with Crippen molar-refractivity contribution in [2.24, 2.45) is 0 Å². The van der Waals surface area contributed by atoms with Gasteiger partial charge in [0, 0.05) is 0 Å². The lowest BCUT2D eigenvalue weighted by molar-refractivity contribution is 0.219. The van der Waals surface area contributed by atoms with Crippen LogP contribution in [0.15, 0.2) is 30.3 Å². The molecule has 0 spiro atoms. The maximum Gasteiger partial charge on any atom is 0.397 e. The Morgan fingerprint density at radius 2 is 1.20 bits per heavy atom. The van der Waals surface area contributed by atoms with Crippen LogP contribution in [0, 0.1) is 0 Å². The van der Waals surface area contributed by atoms with Gasteiger partial charge in [-0.05, 0) is 49.2 Å². The van der Waals surface area contributed by atoms with Crippen LogP contribution in [0.25, 0.3) is 12.2 Å². The Hall–Kier alpha value is -2.47. The highest BCUT2D eigenvalue weighted by Gasteiger charge is 2.17. The highest BCUT2D eigenvalue weighted by molar-refractivity contribution is 7.42. The third kappa shape index (κ3) is 6.26. The third-order valence-electron chi connectivity index (χ3n) is 3.98. The molecule has 0 atom stereocenters. The van der Waals surface area contributed by atoms with Crippen molar-refractivity contribution in [3.05, 3.63) is 41.5 Å². The van der Waals surface area contributed by atoms with Crippen LogP contribution in [0.2, 0.25) is 0 Å². The summed E-state index contributed by atoms with van der Waals surface area (Å²) in [7, 11) is 4.86. The maximum atomic E-state index is 5.92. The van der Waals surface area contributed by atoms with E-state index >= 15 is 0 Å². The van der Waals surface area contributed by atoms with Gasteiger partial charge < -0.3 is 32.5 Å². The largest absolute Gasteiger partial charge is 0.493 e. The number of hydrogen-bond donors (Lipinski definition) is 0. The molecule has 0 saturated heterocycles. The van der Waals surface area contributed by atoms with Crippen molar-refractivity contribution in [2.45, 2.75) is 13.8 Å². The third-order valence-corrected chi connectivity index (χ3v) is 5.27. The Balaban J connectivity index is 2.31. The molecule has 0 aromatic heterocycles. The summed E-state index contributed by atoms with van der Waals surface area (Å²) in [6.07, 6.45) is 3.90. The minimum atomic E-state index is -1.49. The van der Waals surface area contributed by atoms with Crippen molar-refractivity contribution < 1.29 is 32.5 Å². The predicted octanol–water partition coefficient (Wildman–Crippen LogP) is 5.57. The topological polar surface area (TPSA) is 64.6 Å². The molecule has 2 aromatic rings. The first-order chi connectivity index (χ1) is 14.6. The second-order valence-electron chi connectivity index (χ2n) is 5.85. The molecule has 164 valence electrons. The summed E-state index contributed by atoms with van der Waals surface area (Å²) < 4.78 is 38.6. The van der Waals surface area contributed by atoms with Crippen LogP contribution in [-0.4, -0.2) is 41.7 Å². The van der Waals surface area contributed by atoms with E-state index in [0.717, 1.165) is 11.1 Å². The summed E-state index contributed by atoms with van der Waals surface area (Å²) in [6, 6.07) is 9.41. The van der Waals surface area contributed by atoms with Crippen LogP contribution in [0.4, 0.5) is 0 Å². The highest BCUT2D eigenvalue weighted by Crippen LogP contribution is 2.44. The first-order valence-electron chi connectivity index (χ1n) is 9.50. The van der Waals surface area contributed by atoms with Crippen LogP contribution in [0.1, 0.15) is 25.0 Å². The molecule has 0 unspecified atom stereocenters. The quantitative estimate of drug-likeness (QED) is 0.318. The molecule has 0 aliphatic rings. The fraction of sp³-hybridized carbons (Fsp3) is 0.364. The Bertz CT molecular complexity index is 807. The fourth-order valence-corrected chi connectivity index (χ4v) is 3.54. The maximum absolute atomic E-state index is 5.92. The lowest BCUT2D eigenvalue weighted by Gasteiger charge is -2.17. The summed E-state index contributed by atoms with van der Waals surface area (Å²) in [5, 5.41) is 0. The molecule has 0 fully saturated rings. The zero-order chi connectivity index (χ0) is 21.9. The van der Waals surface area contributed by atoms with Crippen LogP contribution >= 0.6 is 8.60 Å². The summed E-state index contributed by atoms with van der Waals surface area (Å²) in [5.74, 6) is 2.89. The van der Waals surface area contributed by atoms with Crippen molar-refractivity contribution in [3.8, 4) is 28.7 Å². The van der Waals surface area contributed by atoms with Crippen molar-refractivity contribution in [1.29, 1.82) is 0 Å². The molecule has 0 amide bonds. The average Bonchev–Trinajstić information content (AvgIpc) is 2.77. The van der Waals surface area contributed by atoms with Gasteiger partial charge in [-0.25, -0.2) is 0 Å². The normalized spacial score (nSPS) is 11.0. The molecule has 0 saturated carbocycles. The second-order valence-corrected chi connectivity index (χ2v) is 7.00. The molecule has 0 aliphatic heterocycles. The summed E-state index contributed by atoms with van der Waals surface area (Å²) in [5.41, 5.74) is 1.82. The molecule has 30 heavy (non-hydrogen) atoms. The van der Waals surface area contributed by atoms with E-state index in [9.17, 15) is 0 Å². The number of methoxy groups -OCH3 is 4. The second kappa shape index (κ2) is 12.3. The summed E-state index contributed by atoms with van der Waals surface area (Å²) in [6.45, 7) is 4.78. The molecule has 0 N–H and O–H groups in total. The first kappa shape index (κ1) is 23.8. The fourth-order valence-electron chi connectivity index (χ4n) is 2.64. The zero-order valence-electron chi connectivity index (χ0n) is 18.3. The SMILES string of the molecule is CCOP(OCC)Oc1cc(/C=C\c2cc(OC)c(OC)c(OC)c2)ccc1OC. The minimum Gasteiger partial charge on any atom is -0.493 e. The minimum absolute atomic E-state index is 0.495. The smallest absolute Gasteiger partial charge is 0.397 e. The van der Waals surface area contributed by atoms with Crippen molar-refractivity contribution in [2.75, 3.05) is 41.7 Å². The molecule has 2 aromatic carbocycles. The number of ether oxygens (including phenoxy) is 4. The Kier molecular flexibility index (Phi) is 9.74. The van der Waals surface area contributed by atoms with E-state index in [-0.39, 0.29) is 0 Å². The Morgan fingerprint density at radius 3 is 1.70 bits per heavy atom. The van der Waals surface area contributed by atoms with Crippen molar-refractivity contribution >= 4 is 20.8 Å². The number of rotatable bonds is 12. The lowest BCUT2D eigenvalue weighted by atomic mass is 10.1. The van der Waals surface area contributed by atoms with E-state index in [1.807, 2.05) is 56.3 Å². The van der Waals surface area contributed by atoms with E-state index in [4.69, 9.17) is 32.5 Å². The first-order valence-corrected chi connectivity index (χ1v) is 10.6. The highest BCUT2D eigenvalue weighted by atomic mass is 31.2. The van der Waals surface area contributed by atoms with E-state index < -0.39 is 8.60 Å². The Labute approximate surface area is 179 Å². The van der Waals surface area contributed by atoms with Gasteiger partial charge in [-0.2, -0.15) is 0 Å². The van der Waals surface area contributed by atoms with E-state index in [0.29, 0.717) is 42.0 Å². The molecule has 0 aliphatic carbocycles. The van der Waals surface area contributed by atoms with E-state index in [1.54, 1.807) is 28.4 Å². The van der Waals surface area contributed by atoms with Crippen LogP contribution in [0.5, 0.6) is 28.7 Å². The number of hydrogen-bond acceptors (Lipinski definition) is 7. The predicted molar refractivity (Wildman–Crippen MR) is 119 cm³/mol. The van der Waals surface area contributed by atoms with Gasteiger partial charge in [0.15, 0.2) is 23.0 Å². The van der Waals surface area contributed by atoms with Gasteiger partial charge in [0.25, 0.3) is 0 Å². The molecule has 0 radical (unpaired) electrons. The summed E-state index contributed by atoms with van der Waals surface area (Å²) in [4.78, 5) is 0. The van der Waals surface area contributed by atoms with Crippen LogP contribution in [0.3, 0.4) is 0 Å². The molecule has 2 rings (SSSR count). The van der Waals surface area contributed by atoms with Gasteiger partial charge in [0.05, 0.1) is 41.7 Å². The molecule has 7 nitrogen and oxygen atoms in total. The van der Waals surface area contributed by atoms with Crippen LogP contribution in [-0.2, 0) is 9.05 Å². The molecule has 8 heteroatoms. The lowest BCUT2D eigenvalue weighted by Crippen LogP contribution is -1.99. The van der Waals surface area contributed by atoms with Gasteiger partial charge in [-0.15, -0.1) is 0 Å². The van der Waals surface area contributed by atoms with Crippen molar-refractivity contribution in [1.82, 2.24) is 0 Å². The van der Waals surface area contributed by atoms with Gasteiger partial charge in [-0.3, -0.25) is 0 Å². The van der Waals surface area contributed by atoms with Gasteiger partial charge in [-0.1, -0.05) is 18.2 Å². The average molecular weight is 436 g/mol. The van der Waals surface area contributed by atoms with Gasteiger partial charge in [0.1, 0.15) is 0 Å².